The molecule has 1 rings (SSSR count). The van der Waals surface area contributed by atoms with Crippen LogP contribution in [0.5, 0.6) is 0 Å². The van der Waals surface area contributed by atoms with Crippen LogP contribution in [0, 0.1) is 5.41 Å². The highest BCUT2D eigenvalue weighted by Crippen LogP contribution is 2.52. The van der Waals surface area contributed by atoms with Crippen molar-refractivity contribution in [3.63, 3.8) is 0 Å². The Morgan fingerprint density at radius 1 is 1.60 bits per heavy atom. The lowest BCUT2D eigenvalue weighted by Crippen LogP contribution is -2.31. The van der Waals surface area contributed by atoms with Gasteiger partial charge in [0.15, 0.2) is 0 Å². The van der Waals surface area contributed by atoms with Crippen LogP contribution >= 0.6 is 0 Å². The van der Waals surface area contributed by atoms with E-state index in [0.717, 1.165) is 0 Å². The Labute approximate surface area is 62.7 Å². The van der Waals surface area contributed by atoms with Crippen LogP contribution in [0.2, 0.25) is 0 Å². The fraction of sp³-hybridized carbons (Fsp3) is 1.00. The Morgan fingerprint density at radius 3 is 2.30 bits per heavy atom. The van der Waals surface area contributed by atoms with E-state index < -0.39 is 0 Å². The van der Waals surface area contributed by atoms with E-state index in [1.54, 1.807) is 7.11 Å². The fourth-order valence-electron chi connectivity index (χ4n) is 1.66. The lowest BCUT2D eigenvalue weighted by molar-refractivity contribution is 0.0449. The minimum Gasteiger partial charge on any atom is -0.380 e. The van der Waals surface area contributed by atoms with E-state index in [-0.39, 0.29) is 0 Å². The minimum absolute atomic E-state index is 0.303. The second-order valence-corrected chi connectivity index (χ2v) is 3.18. The lowest BCUT2D eigenvalue weighted by atomic mass is 9.96. The zero-order valence-electron chi connectivity index (χ0n) is 6.89. The van der Waals surface area contributed by atoms with Gasteiger partial charge in [0.1, 0.15) is 0 Å². The molecule has 10 heavy (non-hydrogen) atoms. The van der Waals surface area contributed by atoms with Crippen molar-refractivity contribution in [3.8, 4) is 0 Å². The van der Waals surface area contributed by atoms with E-state index in [4.69, 9.17) is 10.5 Å². The maximum absolute atomic E-state index is 5.56. The van der Waals surface area contributed by atoms with E-state index in [0.29, 0.717) is 18.1 Å². The van der Waals surface area contributed by atoms with Gasteiger partial charge >= 0.3 is 0 Å². The molecule has 1 aliphatic carbocycles. The van der Waals surface area contributed by atoms with Crippen LogP contribution < -0.4 is 5.73 Å². The van der Waals surface area contributed by atoms with Crippen molar-refractivity contribution in [3.05, 3.63) is 0 Å². The van der Waals surface area contributed by atoms with Gasteiger partial charge in [-0.05, 0) is 24.7 Å². The van der Waals surface area contributed by atoms with Crippen LogP contribution in [0.4, 0.5) is 0 Å². The van der Waals surface area contributed by atoms with Gasteiger partial charge in [-0.2, -0.15) is 0 Å². The van der Waals surface area contributed by atoms with Crippen molar-refractivity contribution in [2.45, 2.75) is 32.3 Å². The van der Waals surface area contributed by atoms with Gasteiger partial charge in [0, 0.05) is 13.7 Å². The predicted octanol–water partition coefficient (Wildman–Crippen LogP) is 1.15. The maximum Gasteiger partial charge on any atom is 0.0749 e. The first-order valence-electron chi connectivity index (χ1n) is 4.02. The Morgan fingerprint density at radius 2 is 2.20 bits per heavy atom. The molecule has 0 aromatic carbocycles. The number of hydrogen-bond donors (Lipinski definition) is 1. The topological polar surface area (TPSA) is 35.2 Å². The number of rotatable bonds is 4. The summed E-state index contributed by atoms with van der Waals surface area (Å²) in [6, 6.07) is 0. The van der Waals surface area contributed by atoms with Crippen molar-refractivity contribution in [2.75, 3.05) is 13.7 Å². The molecule has 0 aromatic heterocycles. The zero-order valence-corrected chi connectivity index (χ0v) is 6.89. The summed E-state index contributed by atoms with van der Waals surface area (Å²) in [5, 5.41) is 0. The summed E-state index contributed by atoms with van der Waals surface area (Å²) >= 11 is 0. The van der Waals surface area contributed by atoms with Crippen LogP contribution in [0.3, 0.4) is 0 Å². The maximum atomic E-state index is 5.56. The Hall–Kier alpha value is -0.0800. The molecule has 2 nitrogen and oxygen atoms in total. The highest BCUT2D eigenvalue weighted by atomic mass is 16.5. The zero-order chi connectivity index (χ0) is 7.61. The smallest absolute Gasteiger partial charge is 0.0749 e. The van der Waals surface area contributed by atoms with Gasteiger partial charge in [-0.3, -0.25) is 0 Å². The van der Waals surface area contributed by atoms with Crippen molar-refractivity contribution < 1.29 is 4.74 Å². The molecule has 2 N–H and O–H groups in total. The molecule has 0 spiro atoms. The molecular weight excluding hydrogens is 126 g/mol. The van der Waals surface area contributed by atoms with Crippen molar-refractivity contribution in [2.24, 2.45) is 11.1 Å². The molecular formula is C8H17NO. The molecule has 0 bridgehead atoms. The summed E-state index contributed by atoms with van der Waals surface area (Å²) in [5.74, 6) is 0. The van der Waals surface area contributed by atoms with Gasteiger partial charge in [-0.25, -0.2) is 0 Å². The molecule has 0 heterocycles. The van der Waals surface area contributed by atoms with Crippen LogP contribution in [0.25, 0.3) is 0 Å². The van der Waals surface area contributed by atoms with Gasteiger partial charge in [-0.1, -0.05) is 6.92 Å². The van der Waals surface area contributed by atoms with Gasteiger partial charge in [0.25, 0.3) is 0 Å². The monoisotopic (exact) mass is 143 g/mol. The first kappa shape index (κ1) is 8.02. The predicted molar refractivity (Wildman–Crippen MR) is 41.8 cm³/mol. The molecule has 1 saturated carbocycles. The molecule has 0 aliphatic heterocycles. The van der Waals surface area contributed by atoms with Crippen LogP contribution in [0.1, 0.15) is 26.2 Å². The van der Waals surface area contributed by atoms with Gasteiger partial charge < -0.3 is 10.5 Å². The third-order valence-electron chi connectivity index (χ3n) is 2.78. The molecule has 1 unspecified atom stereocenters. The molecule has 1 aliphatic rings. The minimum atomic E-state index is 0.303. The highest BCUT2D eigenvalue weighted by molar-refractivity contribution is 4.98. The summed E-state index contributed by atoms with van der Waals surface area (Å²) in [7, 11) is 1.76. The first-order valence-corrected chi connectivity index (χ1v) is 4.02. The molecule has 0 aromatic rings. The molecule has 2 heteroatoms. The van der Waals surface area contributed by atoms with Gasteiger partial charge in [0.2, 0.25) is 0 Å². The quantitative estimate of drug-likeness (QED) is 0.640. The van der Waals surface area contributed by atoms with E-state index >= 15 is 0 Å². The standard InChI is InChI=1S/C8H17NO/c1-3-8(4-5-8)7(6-9)10-2/h7H,3-6,9H2,1-2H3. The second-order valence-electron chi connectivity index (χ2n) is 3.18. The Balaban J connectivity index is 2.43. The van der Waals surface area contributed by atoms with Crippen molar-refractivity contribution in [1.29, 1.82) is 0 Å². The SMILES string of the molecule is CCC1(C(CN)OC)CC1. The fourth-order valence-corrected chi connectivity index (χ4v) is 1.66. The summed E-state index contributed by atoms with van der Waals surface area (Å²) in [6.45, 7) is 2.89. The van der Waals surface area contributed by atoms with E-state index in [1.807, 2.05) is 0 Å². The van der Waals surface area contributed by atoms with Crippen molar-refractivity contribution >= 4 is 0 Å². The third-order valence-corrected chi connectivity index (χ3v) is 2.78. The molecule has 1 fully saturated rings. The van der Waals surface area contributed by atoms with Gasteiger partial charge in [-0.15, -0.1) is 0 Å². The second kappa shape index (κ2) is 2.89. The van der Waals surface area contributed by atoms with E-state index in [2.05, 4.69) is 6.92 Å². The Kier molecular flexibility index (Phi) is 2.32. The van der Waals surface area contributed by atoms with Gasteiger partial charge in [0.05, 0.1) is 6.10 Å². The summed E-state index contributed by atoms with van der Waals surface area (Å²) in [5.41, 5.74) is 6.02. The van der Waals surface area contributed by atoms with E-state index in [9.17, 15) is 0 Å². The normalized spacial score (nSPS) is 24.3. The number of nitrogens with two attached hydrogens (primary N) is 1. The van der Waals surface area contributed by atoms with Crippen molar-refractivity contribution in [1.82, 2.24) is 0 Å². The Bertz CT molecular complexity index is 106. The third kappa shape index (κ3) is 1.18. The molecule has 60 valence electrons. The molecule has 1 atom stereocenters. The summed E-state index contributed by atoms with van der Waals surface area (Å²) < 4.78 is 5.29. The van der Waals surface area contributed by atoms with E-state index in [1.165, 1.54) is 19.3 Å². The molecule has 0 radical (unpaired) electrons. The van der Waals surface area contributed by atoms with Crippen LogP contribution in [-0.2, 0) is 4.74 Å². The number of hydrogen-bond acceptors (Lipinski definition) is 2. The number of methoxy groups -OCH3 is 1. The first-order chi connectivity index (χ1) is 4.79. The number of ether oxygens (including phenoxy) is 1. The molecule has 0 saturated heterocycles. The summed E-state index contributed by atoms with van der Waals surface area (Å²) in [4.78, 5) is 0. The lowest BCUT2D eigenvalue weighted by Gasteiger charge is -2.22. The highest BCUT2D eigenvalue weighted by Gasteiger charge is 2.47. The van der Waals surface area contributed by atoms with Crippen LogP contribution in [0.15, 0.2) is 0 Å². The largest absolute Gasteiger partial charge is 0.380 e. The average molecular weight is 143 g/mol. The summed E-state index contributed by atoms with van der Waals surface area (Å²) in [6.07, 6.45) is 4.12. The average Bonchev–Trinajstić information content (AvgIpc) is 2.72. The van der Waals surface area contributed by atoms with Crippen LogP contribution in [-0.4, -0.2) is 19.8 Å². The molecule has 0 amide bonds.